The van der Waals surface area contributed by atoms with E-state index in [1.54, 1.807) is 11.0 Å². The quantitative estimate of drug-likeness (QED) is 0.633. The summed E-state index contributed by atoms with van der Waals surface area (Å²) in [5, 5.41) is 1.03. The van der Waals surface area contributed by atoms with Crippen molar-refractivity contribution in [3.05, 3.63) is 41.0 Å². The van der Waals surface area contributed by atoms with Crippen LogP contribution >= 0.6 is 24.0 Å². The maximum atomic E-state index is 12.2. The van der Waals surface area contributed by atoms with Crippen LogP contribution in [0.15, 0.2) is 39.7 Å². The molecule has 1 amide bonds. The summed E-state index contributed by atoms with van der Waals surface area (Å²) in [5.74, 6) is 0.658. The summed E-state index contributed by atoms with van der Waals surface area (Å²) in [4.78, 5) is 14.5. The molecule has 0 bridgehead atoms. The van der Waals surface area contributed by atoms with Crippen molar-refractivity contribution in [3.8, 4) is 0 Å². The zero-order valence-corrected chi connectivity index (χ0v) is 12.6. The van der Waals surface area contributed by atoms with Gasteiger partial charge in [0.1, 0.15) is 15.7 Å². The van der Waals surface area contributed by atoms with Crippen LogP contribution in [0.25, 0.3) is 17.0 Å². The Bertz CT molecular complexity index is 684. The second-order valence-electron chi connectivity index (χ2n) is 4.52. The molecule has 3 nitrogen and oxygen atoms in total. The van der Waals surface area contributed by atoms with Crippen molar-refractivity contribution >= 4 is 51.3 Å². The van der Waals surface area contributed by atoms with E-state index in [4.69, 9.17) is 16.6 Å². The summed E-state index contributed by atoms with van der Waals surface area (Å²) in [6, 6.07) is 9.72. The van der Waals surface area contributed by atoms with Crippen molar-refractivity contribution in [2.75, 3.05) is 6.54 Å². The van der Waals surface area contributed by atoms with Crippen LogP contribution in [0.4, 0.5) is 0 Å². The van der Waals surface area contributed by atoms with Crippen LogP contribution in [-0.4, -0.2) is 21.7 Å². The fourth-order valence-corrected chi connectivity index (χ4v) is 3.41. The molecule has 1 aromatic carbocycles. The molecule has 5 heteroatoms. The standard InChI is InChI=1S/C15H13NO2S2/c1-2-7-16-14(17)13(20-15(16)19)9-11-8-10-5-3-4-6-12(10)18-11/h3-6,8-9H,2,7H2,1H3/b13-9+. The van der Waals surface area contributed by atoms with Crippen LogP contribution in [0.2, 0.25) is 0 Å². The van der Waals surface area contributed by atoms with E-state index in [1.807, 2.05) is 37.3 Å². The molecule has 0 saturated carbocycles. The number of fused-ring (bicyclic) bond motifs is 1. The molecule has 2 heterocycles. The lowest BCUT2D eigenvalue weighted by molar-refractivity contribution is -0.122. The molecule has 0 aliphatic carbocycles. The van der Waals surface area contributed by atoms with E-state index in [2.05, 4.69) is 0 Å². The van der Waals surface area contributed by atoms with Crippen LogP contribution in [0.3, 0.4) is 0 Å². The highest BCUT2D eigenvalue weighted by Gasteiger charge is 2.31. The van der Waals surface area contributed by atoms with Crippen LogP contribution in [0, 0.1) is 0 Å². The van der Waals surface area contributed by atoms with E-state index in [1.165, 1.54) is 11.8 Å². The Kier molecular flexibility index (Phi) is 3.63. The Labute approximate surface area is 126 Å². The largest absolute Gasteiger partial charge is 0.457 e. The minimum Gasteiger partial charge on any atom is -0.457 e. The molecule has 0 unspecified atom stereocenters. The van der Waals surface area contributed by atoms with Gasteiger partial charge in [-0.05, 0) is 18.6 Å². The smallest absolute Gasteiger partial charge is 0.266 e. The maximum absolute atomic E-state index is 12.2. The first-order valence-corrected chi connectivity index (χ1v) is 7.65. The van der Waals surface area contributed by atoms with Gasteiger partial charge in [0.15, 0.2) is 0 Å². The molecule has 1 saturated heterocycles. The summed E-state index contributed by atoms with van der Waals surface area (Å²) in [5.41, 5.74) is 0.822. The first-order chi connectivity index (χ1) is 9.69. The van der Waals surface area contributed by atoms with Gasteiger partial charge in [0.25, 0.3) is 5.91 Å². The Morgan fingerprint density at radius 3 is 2.95 bits per heavy atom. The zero-order valence-electron chi connectivity index (χ0n) is 11.0. The van der Waals surface area contributed by atoms with Crippen molar-refractivity contribution in [1.82, 2.24) is 4.90 Å². The number of carbonyl (C=O) groups excluding carboxylic acids is 1. The van der Waals surface area contributed by atoms with Gasteiger partial charge in [-0.15, -0.1) is 0 Å². The lowest BCUT2D eigenvalue weighted by Crippen LogP contribution is -2.28. The molecular formula is C15H13NO2S2. The molecule has 0 radical (unpaired) electrons. The lowest BCUT2D eigenvalue weighted by atomic mass is 10.2. The second-order valence-corrected chi connectivity index (χ2v) is 6.20. The van der Waals surface area contributed by atoms with E-state index < -0.39 is 0 Å². The summed E-state index contributed by atoms with van der Waals surface area (Å²) < 4.78 is 6.33. The van der Waals surface area contributed by atoms with Gasteiger partial charge in [-0.3, -0.25) is 9.69 Å². The lowest BCUT2D eigenvalue weighted by Gasteiger charge is -2.11. The molecule has 0 atom stereocenters. The van der Waals surface area contributed by atoms with Crippen LogP contribution in [-0.2, 0) is 4.79 Å². The predicted octanol–water partition coefficient (Wildman–Crippen LogP) is 4.04. The molecule has 2 aromatic rings. The number of amides is 1. The van der Waals surface area contributed by atoms with E-state index >= 15 is 0 Å². The molecule has 1 aliphatic rings. The number of hydrogen-bond donors (Lipinski definition) is 0. The molecule has 0 N–H and O–H groups in total. The average Bonchev–Trinajstić information content (AvgIpc) is 2.95. The average molecular weight is 303 g/mol. The Balaban J connectivity index is 1.92. The highest BCUT2D eigenvalue weighted by atomic mass is 32.2. The fourth-order valence-electron chi connectivity index (χ4n) is 2.12. The van der Waals surface area contributed by atoms with Gasteiger partial charge >= 0.3 is 0 Å². The zero-order chi connectivity index (χ0) is 14.1. The third kappa shape index (κ3) is 2.39. The number of hydrogen-bond acceptors (Lipinski definition) is 4. The summed E-state index contributed by atoms with van der Waals surface area (Å²) in [6.45, 7) is 2.70. The highest BCUT2D eigenvalue weighted by molar-refractivity contribution is 8.26. The highest BCUT2D eigenvalue weighted by Crippen LogP contribution is 2.33. The number of furan rings is 1. The first kappa shape index (κ1) is 13.4. The summed E-state index contributed by atoms with van der Waals surface area (Å²) >= 11 is 6.57. The van der Waals surface area contributed by atoms with Gasteiger partial charge in [0.05, 0.1) is 4.91 Å². The second kappa shape index (κ2) is 5.42. The number of thioether (sulfide) groups is 1. The summed E-state index contributed by atoms with van der Waals surface area (Å²) in [7, 11) is 0. The van der Waals surface area contributed by atoms with Gasteiger partial charge in [-0.1, -0.05) is 49.1 Å². The Morgan fingerprint density at radius 1 is 1.40 bits per heavy atom. The van der Waals surface area contributed by atoms with Crippen LogP contribution in [0.5, 0.6) is 0 Å². The third-order valence-electron chi connectivity index (χ3n) is 3.04. The minimum absolute atomic E-state index is 0.0256. The number of nitrogens with zero attached hydrogens (tertiary/aromatic N) is 1. The molecule has 0 spiro atoms. The monoisotopic (exact) mass is 303 g/mol. The maximum Gasteiger partial charge on any atom is 0.266 e. The van der Waals surface area contributed by atoms with Gasteiger partial charge in [0, 0.05) is 18.0 Å². The van der Waals surface area contributed by atoms with Gasteiger partial charge in [0.2, 0.25) is 0 Å². The SMILES string of the molecule is CCCN1C(=O)/C(=C\c2cc3ccccc3o2)SC1=S. The normalized spacial score (nSPS) is 17.6. The number of rotatable bonds is 3. The molecule has 20 heavy (non-hydrogen) atoms. The van der Waals surface area contributed by atoms with E-state index in [9.17, 15) is 4.79 Å². The molecule has 1 fully saturated rings. The number of benzene rings is 1. The topological polar surface area (TPSA) is 33.5 Å². The number of para-hydroxylation sites is 1. The number of thiocarbonyl (C=S) groups is 1. The molecule has 1 aliphatic heterocycles. The summed E-state index contributed by atoms with van der Waals surface area (Å²) in [6.07, 6.45) is 2.67. The van der Waals surface area contributed by atoms with Crippen molar-refractivity contribution in [2.45, 2.75) is 13.3 Å². The molecule has 102 valence electrons. The molecule has 1 aromatic heterocycles. The number of carbonyl (C=O) groups is 1. The van der Waals surface area contributed by atoms with Crippen LogP contribution in [0.1, 0.15) is 19.1 Å². The van der Waals surface area contributed by atoms with E-state index in [0.29, 0.717) is 21.5 Å². The van der Waals surface area contributed by atoms with Gasteiger partial charge < -0.3 is 4.42 Å². The van der Waals surface area contributed by atoms with Crippen molar-refractivity contribution in [2.24, 2.45) is 0 Å². The van der Waals surface area contributed by atoms with Crippen molar-refractivity contribution in [1.29, 1.82) is 0 Å². The van der Waals surface area contributed by atoms with Gasteiger partial charge in [-0.2, -0.15) is 0 Å². The van der Waals surface area contributed by atoms with Crippen molar-refractivity contribution in [3.63, 3.8) is 0 Å². The minimum atomic E-state index is -0.0256. The van der Waals surface area contributed by atoms with E-state index in [-0.39, 0.29) is 5.91 Å². The molecule has 3 rings (SSSR count). The van der Waals surface area contributed by atoms with E-state index in [0.717, 1.165) is 17.4 Å². The Morgan fingerprint density at radius 2 is 2.20 bits per heavy atom. The van der Waals surface area contributed by atoms with Crippen LogP contribution < -0.4 is 0 Å². The molecular weight excluding hydrogens is 290 g/mol. The predicted molar refractivity (Wildman–Crippen MR) is 86.4 cm³/mol. The van der Waals surface area contributed by atoms with Gasteiger partial charge in [-0.25, -0.2) is 0 Å². The Hall–Kier alpha value is -1.59. The first-order valence-electron chi connectivity index (χ1n) is 6.43. The fraction of sp³-hybridized carbons (Fsp3) is 0.200. The van der Waals surface area contributed by atoms with Crippen molar-refractivity contribution < 1.29 is 9.21 Å². The third-order valence-corrected chi connectivity index (χ3v) is 4.42.